The van der Waals surface area contributed by atoms with E-state index in [0.29, 0.717) is 10.6 Å². The topological polar surface area (TPSA) is 55.1 Å². The summed E-state index contributed by atoms with van der Waals surface area (Å²) in [6.07, 6.45) is 0. The summed E-state index contributed by atoms with van der Waals surface area (Å²) in [7, 11) is 0. The van der Waals surface area contributed by atoms with Gasteiger partial charge in [-0.05, 0) is 30.7 Å². The molecular formula is C15H14N2OS. The third-order valence-electron chi connectivity index (χ3n) is 2.81. The SMILES string of the molecule is Cc1ccc(C(N)=S)cc1NC(=O)c1ccccc1. The first-order valence-electron chi connectivity index (χ1n) is 5.85. The number of anilines is 1. The third kappa shape index (κ3) is 3.17. The van der Waals surface area contributed by atoms with Gasteiger partial charge in [-0.25, -0.2) is 0 Å². The first-order chi connectivity index (χ1) is 9.08. The molecule has 0 atom stereocenters. The number of rotatable bonds is 3. The molecule has 0 saturated carbocycles. The predicted octanol–water partition coefficient (Wildman–Crippen LogP) is 2.88. The first kappa shape index (κ1) is 13.2. The second-order valence-electron chi connectivity index (χ2n) is 4.21. The monoisotopic (exact) mass is 270 g/mol. The normalized spacial score (nSPS) is 9.95. The lowest BCUT2D eigenvalue weighted by atomic mass is 10.1. The van der Waals surface area contributed by atoms with Crippen LogP contribution in [0.1, 0.15) is 21.5 Å². The fourth-order valence-corrected chi connectivity index (χ4v) is 1.82. The maximum Gasteiger partial charge on any atom is 0.255 e. The smallest absolute Gasteiger partial charge is 0.255 e. The Morgan fingerprint density at radius 2 is 1.79 bits per heavy atom. The van der Waals surface area contributed by atoms with Crippen LogP contribution in [0.4, 0.5) is 5.69 Å². The first-order valence-corrected chi connectivity index (χ1v) is 6.25. The molecule has 0 radical (unpaired) electrons. The molecule has 0 spiro atoms. The molecule has 0 saturated heterocycles. The Hall–Kier alpha value is -2.20. The van der Waals surface area contributed by atoms with E-state index in [9.17, 15) is 4.79 Å². The molecule has 4 heteroatoms. The minimum absolute atomic E-state index is 0.149. The molecule has 1 amide bonds. The van der Waals surface area contributed by atoms with Crippen LogP contribution in [0.25, 0.3) is 0 Å². The van der Waals surface area contributed by atoms with E-state index in [-0.39, 0.29) is 5.91 Å². The lowest BCUT2D eigenvalue weighted by molar-refractivity contribution is 0.102. The molecule has 0 aromatic heterocycles. The van der Waals surface area contributed by atoms with E-state index in [1.807, 2.05) is 37.3 Å². The number of nitrogens with one attached hydrogen (secondary N) is 1. The number of aryl methyl sites for hydroxylation is 1. The van der Waals surface area contributed by atoms with Crippen molar-refractivity contribution < 1.29 is 4.79 Å². The van der Waals surface area contributed by atoms with Crippen molar-refractivity contribution in [1.82, 2.24) is 0 Å². The zero-order chi connectivity index (χ0) is 13.8. The Kier molecular flexibility index (Phi) is 3.92. The molecule has 0 heterocycles. The van der Waals surface area contributed by atoms with Crippen molar-refractivity contribution in [2.75, 3.05) is 5.32 Å². The molecule has 2 aromatic rings. The van der Waals surface area contributed by atoms with Crippen molar-refractivity contribution in [2.24, 2.45) is 5.73 Å². The highest BCUT2D eigenvalue weighted by Gasteiger charge is 2.08. The number of nitrogens with two attached hydrogens (primary N) is 1. The van der Waals surface area contributed by atoms with E-state index in [4.69, 9.17) is 18.0 Å². The van der Waals surface area contributed by atoms with Gasteiger partial charge in [0.2, 0.25) is 0 Å². The fourth-order valence-electron chi connectivity index (χ4n) is 1.69. The van der Waals surface area contributed by atoms with Crippen molar-refractivity contribution in [3.05, 3.63) is 65.2 Å². The lowest BCUT2D eigenvalue weighted by Gasteiger charge is -2.10. The summed E-state index contributed by atoms with van der Waals surface area (Å²) in [5.41, 5.74) is 8.63. The van der Waals surface area contributed by atoms with Gasteiger partial charge < -0.3 is 11.1 Å². The van der Waals surface area contributed by atoms with Crippen molar-refractivity contribution in [3.8, 4) is 0 Å². The Morgan fingerprint density at radius 3 is 2.42 bits per heavy atom. The maximum absolute atomic E-state index is 12.1. The number of benzene rings is 2. The van der Waals surface area contributed by atoms with Crippen LogP contribution in [-0.2, 0) is 0 Å². The summed E-state index contributed by atoms with van der Waals surface area (Å²) in [6, 6.07) is 14.6. The van der Waals surface area contributed by atoms with Crippen molar-refractivity contribution in [1.29, 1.82) is 0 Å². The predicted molar refractivity (Wildman–Crippen MR) is 81.5 cm³/mol. The van der Waals surface area contributed by atoms with E-state index >= 15 is 0 Å². The molecule has 2 aromatic carbocycles. The van der Waals surface area contributed by atoms with E-state index in [2.05, 4.69) is 5.32 Å². The molecule has 0 aliphatic rings. The lowest BCUT2D eigenvalue weighted by Crippen LogP contribution is -2.14. The summed E-state index contributed by atoms with van der Waals surface area (Å²) >= 11 is 4.94. The van der Waals surface area contributed by atoms with Crippen LogP contribution in [0.15, 0.2) is 48.5 Å². The fraction of sp³-hybridized carbons (Fsp3) is 0.0667. The van der Waals surface area contributed by atoms with Gasteiger partial charge in [-0.2, -0.15) is 0 Å². The average Bonchev–Trinajstić information content (AvgIpc) is 2.42. The minimum atomic E-state index is -0.149. The van der Waals surface area contributed by atoms with Gasteiger partial charge in [0, 0.05) is 16.8 Å². The summed E-state index contributed by atoms with van der Waals surface area (Å²) in [4.78, 5) is 12.4. The highest BCUT2D eigenvalue weighted by molar-refractivity contribution is 7.80. The quantitative estimate of drug-likeness (QED) is 0.843. The van der Waals surface area contributed by atoms with Gasteiger partial charge in [0.05, 0.1) is 0 Å². The highest BCUT2D eigenvalue weighted by Crippen LogP contribution is 2.18. The average molecular weight is 270 g/mol. The van der Waals surface area contributed by atoms with Crippen LogP contribution in [0.2, 0.25) is 0 Å². The second-order valence-corrected chi connectivity index (χ2v) is 4.65. The van der Waals surface area contributed by atoms with E-state index < -0.39 is 0 Å². The van der Waals surface area contributed by atoms with Crippen LogP contribution < -0.4 is 11.1 Å². The Bertz CT molecular complexity index is 623. The largest absolute Gasteiger partial charge is 0.389 e. The standard InChI is InChI=1S/C15H14N2OS/c1-10-7-8-12(14(16)19)9-13(10)17-15(18)11-5-3-2-4-6-11/h2-9H,1H3,(H2,16,19)(H,17,18). The van der Waals surface area contributed by atoms with E-state index in [0.717, 1.165) is 16.8 Å². The number of carbonyl (C=O) groups excluding carboxylic acids is 1. The molecule has 0 aliphatic heterocycles. The third-order valence-corrected chi connectivity index (χ3v) is 3.04. The summed E-state index contributed by atoms with van der Waals surface area (Å²) in [6.45, 7) is 1.92. The number of carbonyl (C=O) groups is 1. The Labute approximate surface area is 117 Å². The minimum Gasteiger partial charge on any atom is -0.389 e. The van der Waals surface area contributed by atoms with Gasteiger partial charge >= 0.3 is 0 Å². The zero-order valence-electron chi connectivity index (χ0n) is 10.5. The van der Waals surface area contributed by atoms with Crippen molar-refractivity contribution >= 4 is 28.8 Å². The van der Waals surface area contributed by atoms with E-state index in [1.165, 1.54) is 0 Å². The summed E-state index contributed by atoms with van der Waals surface area (Å²) in [5.74, 6) is -0.149. The number of hydrogen-bond donors (Lipinski definition) is 2. The molecule has 0 aliphatic carbocycles. The zero-order valence-corrected chi connectivity index (χ0v) is 11.3. The van der Waals surface area contributed by atoms with Gasteiger partial charge in [0.1, 0.15) is 4.99 Å². The van der Waals surface area contributed by atoms with Gasteiger partial charge in [-0.3, -0.25) is 4.79 Å². The summed E-state index contributed by atoms with van der Waals surface area (Å²) in [5, 5.41) is 2.87. The molecule has 0 fully saturated rings. The van der Waals surface area contributed by atoms with Gasteiger partial charge in [0.25, 0.3) is 5.91 Å². The molecule has 0 bridgehead atoms. The highest BCUT2D eigenvalue weighted by atomic mass is 32.1. The molecule has 2 rings (SSSR count). The molecule has 3 N–H and O–H groups in total. The number of amides is 1. The maximum atomic E-state index is 12.1. The second kappa shape index (κ2) is 5.63. The molecule has 0 unspecified atom stereocenters. The Balaban J connectivity index is 2.26. The van der Waals surface area contributed by atoms with Gasteiger partial charge in [0.15, 0.2) is 0 Å². The molecule has 19 heavy (non-hydrogen) atoms. The van der Waals surface area contributed by atoms with Crippen LogP contribution in [0.5, 0.6) is 0 Å². The van der Waals surface area contributed by atoms with E-state index in [1.54, 1.807) is 18.2 Å². The van der Waals surface area contributed by atoms with Crippen LogP contribution in [0, 0.1) is 6.92 Å². The van der Waals surface area contributed by atoms with Crippen molar-refractivity contribution in [2.45, 2.75) is 6.92 Å². The van der Waals surface area contributed by atoms with Crippen LogP contribution in [0.3, 0.4) is 0 Å². The van der Waals surface area contributed by atoms with Gasteiger partial charge in [-0.1, -0.05) is 42.5 Å². The molecule has 3 nitrogen and oxygen atoms in total. The van der Waals surface area contributed by atoms with Crippen LogP contribution >= 0.6 is 12.2 Å². The molecular weight excluding hydrogens is 256 g/mol. The molecule has 96 valence electrons. The summed E-state index contributed by atoms with van der Waals surface area (Å²) < 4.78 is 0. The van der Waals surface area contributed by atoms with Gasteiger partial charge in [-0.15, -0.1) is 0 Å². The number of thiocarbonyl (C=S) groups is 1. The van der Waals surface area contributed by atoms with Crippen LogP contribution in [-0.4, -0.2) is 10.9 Å². The Morgan fingerprint density at radius 1 is 1.11 bits per heavy atom. The number of hydrogen-bond acceptors (Lipinski definition) is 2. The van der Waals surface area contributed by atoms with Crippen molar-refractivity contribution in [3.63, 3.8) is 0 Å².